The van der Waals surface area contributed by atoms with E-state index < -0.39 is 0 Å². The first-order chi connectivity index (χ1) is 9.67. The maximum Gasteiger partial charge on any atom is 0.119 e. The molecule has 20 heavy (non-hydrogen) atoms. The summed E-state index contributed by atoms with van der Waals surface area (Å²) < 4.78 is 6.91. The molecule has 3 nitrogen and oxygen atoms in total. The van der Waals surface area contributed by atoms with Gasteiger partial charge in [0.25, 0.3) is 0 Å². The van der Waals surface area contributed by atoms with Crippen LogP contribution in [0.5, 0.6) is 5.75 Å². The maximum atomic E-state index is 5.76. The third-order valence-electron chi connectivity index (χ3n) is 2.92. The number of hydrogen-bond donors (Lipinski definition) is 1. The number of ether oxygens (including phenoxy) is 1. The summed E-state index contributed by atoms with van der Waals surface area (Å²) in [5, 5.41) is 2.11. The van der Waals surface area contributed by atoms with E-state index in [-0.39, 0.29) is 0 Å². The summed E-state index contributed by atoms with van der Waals surface area (Å²) in [5.41, 5.74) is 6.71. The molecule has 5 heteroatoms. The SMILES string of the molecule is CN(CCOc1cccc(CN)c1)Cc1cc(Br)cs1. The Morgan fingerprint density at radius 2 is 2.20 bits per heavy atom. The van der Waals surface area contributed by atoms with Crippen LogP contribution in [-0.4, -0.2) is 25.1 Å². The minimum Gasteiger partial charge on any atom is -0.492 e. The number of nitrogens with two attached hydrogens (primary N) is 1. The Morgan fingerprint density at radius 3 is 2.90 bits per heavy atom. The normalized spacial score (nSPS) is 11.0. The fraction of sp³-hybridized carbons (Fsp3) is 0.333. The number of hydrogen-bond acceptors (Lipinski definition) is 4. The molecule has 108 valence electrons. The monoisotopic (exact) mass is 354 g/mol. The highest BCUT2D eigenvalue weighted by molar-refractivity contribution is 9.10. The molecular weight excluding hydrogens is 336 g/mol. The average molecular weight is 355 g/mol. The number of benzene rings is 1. The van der Waals surface area contributed by atoms with Gasteiger partial charge in [-0.3, -0.25) is 4.90 Å². The van der Waals surface area contributed by atoms with Crippen LogP contribution in [0.2, 0.25) is 0 Å². The quantitative estimate of drug-likeness (QED) is 0.827. The van der Waals surface area contributed by atoms with Gasteiger partial charge >= 0.3 is 0 Å². The van der Waals surface area contributed by atoms with Crippen molar-refractivity contribution in [3.8, 4) is 5.75 Å². The molecule has 1 aromatic carbocycles. The number of thiophene rings is 1. The molecule has 0 aliphatic carbocycles. The lowest BCUT2D eigenvalue weighted by atomic mass is 10.2. The molecule has 2 rings (SSSR count). The van der Waals surface area contributed by atoms with E-state index >= 15 is 0 Å². The third-order valence-corrected chi connectivity index (χ3v) is 4.61. The van der Waals surface area contributed by atoms with Gasteiger partial charge in [0.1, 0.15) is 12.4 Å². The number of likely N-dealkylation sites (N-methyl/N-ethyl adjacent to an activating group) is 1. The summed E-state index contributed by atoms with van der Waals surface area (Å²) in [6.07, 6.45) is 0. The maximum absolute atomic E-state index is 5.76. The van der Waals surface area contributed by atoms with Crippen LogP contribution in [0, 0.1) is 0 Å². The van der Waals surface area contributed by atoms with E-state index in [0.29, 0.717) is 13.2 Å². The Kier molecular flexibility index (Phi) is 6.04. The van der Waals surface area contributed by atoms with Crippen LogP contribution in [0.25, 0.3) is 0 Å². The largest absolute Gasteiger partial charge is 0.492 e. The van der Waals surface area contributed by atoms with E-state index in [1.54, 1.807) is 11.3 Å². The van der Waals surface area contributed by atoms with Crippen molar-refractivity contribution in [3.05, 3.63) is 50.6 Å². The molecule has 0 fully saturated rings. The minimum absolute atomic E-state index is 0.546. The van der Waals surface area contributed by atoms with Crippen LogP contribution in [0.15, 0.2) is 40.2 Å². The summed E-state index contributed by atoms with van der Waals surface area (Å²) in [5.74, 6) is 0.889. The molecule has 0 spiro atoms. The topological polar surface area (TPSA) is 38.5 Å². The average Bonchev–Trinajstić information content (AvgIpc) is 2.84. The lowest BCUT2D eigenvalue weighted by Crippen LogP contribution is -2.23. The molecule has 0 aliphatic heterocycles. The van der Waals surface area contributed by atoms with Crippen molar-refractivity contribution < 1.29 is 4.74 Å². The van der Waals surface area contributed by atoms with Crippen LogP contribution in [-0.2, 0) is 13.1 Å². The highest BCUT2D eigenvalue weighted by Gasteiger charge is 2.03. The molecule has 0 amide bonds. The van der Waals surface area contributed by atoms with Crippen molar-refractivity contribution in [3.63, 3.8) is 0 Å². The second kappa shape index (κ2) is 7.78. The van der Waals surface area contributed by atoms with E-state index in [4.69, 9.17) is 10.5 Å². The number of nitrogens with zero attached hydrogens (tertiary/aromatic N) is 1. The zero-order valence-electron chi connectivity index (χ0n) is 11.5. The molecule has 0 saturated carbocycles. The fourth-order valence-electron chi connectivity index (χ4n) is 1.86. The standard InChI is InChI=1S/C15H19BrN2OS/c1-18(10-15-8-13(16)11-20-15)5-6-19-14-4-2-3-12(7-14)9-17/h2-4,7-8,11H,5-6,9-10,17H2,1H3. The van der Waals surface area contributed by atoms with Crippen molar-refractivity contribution in [2.75, 3.05) is 20.2 Å². The molecule has 0 saturated heterocycles. The summed E-state index contributed by atoms with van der Waals surface area (Å²) >= 11 is 5.25. The fourth-order valence-corrected chi connectivity index (χ4v) is 3.39. The summed E-state index contributed by atoms with van der Waals surface area (Å²) in [6.45, 7) is 3.06. The van der Waals surface area contributed by atoms with Gasteiger partial charge < -0.3 is 10.5 Å². The van der Waals surface area contributed by atoms with Gasteiger partial charge in [0.05, 0.1) is 0 Å². The van der Waals surface area contributed by atoms with Gasteiger partial charge in [0, 0.05) is 34.4 Å². The molecular formula is C15H19BrN2OS. The van der Waals surface area contributed by atoms with Crippen LogP contribution >= 0.6 is 27.3 Å². The predicted molar refractivity (Wildman–Crippen MR) is 88.2 cm³/mol. The van der Waals surface area contributed by atoms with Crippen LogP contribution in [0.1, 0.15) is 10.4 Å². The lowest BCUT2D eigenvalue weighted by Gasteiger charge is -2.16. The molecule has 0 radical (unpaired) electrons. The third kappa shape index (κ3) is 4.90. The van der Waals surface area contributed by atoms with Crippen molar-refractivity contribution in [1.82, 2.24) is 4.90 Å². The van der Waals surface area contributed by atoms with Crippen molar-refractivity contribution >= 4 is 27.3 Å². The minimum atomic E-state index is 0.546. The molecule has 2 aromatic rings. The van der Waals surface area contributed by atoms with Gasteiger partial charge in [-0.25, -0.2) is 0 Å². The summed E-state index contributed by atoms with van der Waals surface area (Å²) in [7, 11) is 2.10. The van der Waals surface area contributed by atoms with Crippen molar-refractivity contribution in [2.24, 2.45) is 5.73 Å². The molecule has 0 bridgehead atoms. The van der Waals surface area contributed by atoms with Crippen molar-refractivity contribution in [2.45, 2.75) is 13.1 Å². The van der Waals surface area contributed by atoms with Gasteiger partial charge in [0.15, 0.2) is 0 Å². The van der Waals surface area contributed by atoms with E-state index in [9.17, 15) is 0 Å². The van der Waals surface area contributed by atoms with Crippen LogP contribution < -0.4 is 10.5 Å². The first-order valence-corrected chi connectivity index (χ1v) is 8.18. The van der Waals surface area contributed by atoms with Gasteiger partial charge in [-0.1, -0.05) is 12.1 Å². The van der Waals surface area contributed by atoms with Gasteiger partial charge in [0.2, 0.25) is 0 Å². The van der Waals surface area contributed by atoms with Crippen molar-refractivity contribution in [1.29, 1.82) is 0 Å². The highest BCUT2D eigenvalue weighted by Crippen LogP contribution is 2.20. The highest BCUT2D eigenvalue weighted by atomic mass is 79.9. The molecule has 1 aromatic heterocycles. The van der Waals surface area contributed by atoms with Crippen LogP contribution in [0.3, 0.4) is 0 Å². The Morgan fingerprint density at radius 1 is 1.35 bits per heavy atom. The zero-order valence-corrected chi connectivity index (χ0v) is 13.9. The Balaban J connectivity index is 1.74. The van der Waals surface area contributed by atoms with E-state index in [1.807, 2.05) is 24.3 Å². The lowest BCUT2D eigenvalue weighted by molar-refractivity contribution is 0.234. The number of rotatable bonds is 7. The molecule has 0 unspecified atom stereocenters. The van der Waals surface area contributed by atoms with E-state index in [1.165, 1.54) is 4.88 Å². The van der Waals surface area contributed by atoms with Gasteiger partial charge in [-0.2, -0.15) is 0 Å². The molecule has 0 atom stereocenters. The molecule has 2 N–H and O–H groups in total. The zero-order chi connectivity index (χ0) is 14.4. The Labute approximate surface area is 132 Å². The van der Waals surface area contributed by atoms with Gasteiger partial charge in [-0.15, -0.1) is 11.3 Å². The molecule has 0 aliphatic rings. The Hall–Kier alpha value is -0.880. The summed E-state index contributed by atoms with van der Waals surface area (Å²) in [6, 6.07) is 10.1. The first-order valence-electron chi connectivity index (χ1n) is 6.50. The smallest absolute Gasteiger partial charge is 0.119 e. The van der Waals surface area contributed by atoms with Gasteiger partial charge in [-0.05, 0) is 46.7 Å². The summed E-state index contributed by atoms with van der Waals surface area (Å²) in [4.78, 5) is 3.61. The number of halogens is 1. The van der Waals surface area contributed by atoms with E-state index in [2.05, 4.69) is 39.3 Å². The second-order valence-corrected chi connectivity index (χ2v) is 6.58. The second-order valence-electron chi connectivity index (χ2n) is 4.67. The van der Waals surface area contributed by atoms with E-state index in [0.717, 1.165) is 28.9 Å². The molecule has 1 heterocycles. The predicted octanol–water partition coefficient (Wildman–Crippen LogP) is 3.48. The van der Waals surface area contributed by atoms with Crippen LogP contribution in [0.4, 0.5) is 0 Å². The first kappa shape index (κ1) is 15.5. The Bertz CT molecular complexity index is 544.